The Morgan fingerprint density at radius 1 is 1.29 bits per heavy atom. The molecule has 21 heavy (non-hydrogen) atoms. The van der Waals surface area contributed by atoms with Gasteiger partial charge in [0.2, 0.25) is 0 Å². The van der Waals surface area contributed by atoms with Crippen molar-refractivity contribution in [1.29, 1.82) is 0 Å². The fourth-order valence-electron chi connectivity index (χ4n) is 1.87. The molecular weight excluding hydrogens is 264 g/mol. The number of carbonyl (C=O) groups is 1. The summed E-state index contributed by atoms with van der Waals surface area (Å²) in [5, 5.41) is 0. The van der Waals surface area contributed by atoms with Crippen LogP contribution in [0, 0.1) is 11.8 Å². The number of hydrogen-bond donors (Lipinski definition) is 1. The van der Waals surface area contributed by atoms with Gasteiger partial charge in [0, 0.05) is 37.6 Å². The van der Waals surface area contributed by atoms with Crippen LogP contribution in [0.1, 0.15) is 29.3 Å². The average Bonchev–Trinajstić information content (AvgIpc) is 2.48. The van der Waals surface area contributed by atoms with E-state index >= 15 is 0 Å². The van der Waals surface area contributed by atoms with E-state index in [0.717, 1.165) is 25.1 Å². The van der Waals surface area contributed by atoms with Crippen LogP contribution in [0.25, 0.3) is 0 Å². The number of hydrogen-bond acceptors (Lipinski definition) is 4. The molecule has 0 spiro atoms. The maximum atomic E-state index is 12.6. The molecule has 5 nitrogen and oxygen atoms in total. The van der Waals surface area contributed by atoms with Crippen LogP contribution in [-0.2, 0) is 0 Å². The molecule has 1 aromatic heterocycles. The summed E-state index contributed by atoms with van der Waals surface area (Å²) in [7, 11) is 4.00. The lowest BCUT2D eigenvalue weighted by Gasteiger charge is -2.24. The molecule has 0 atom stereocenters. The molecule has 0 unspecified atom stereocenters. The minimum atomic E-state index is 0.00241. The third-order valence-corrected chi connectivity index (χ3v) is 2.92. The fraction of sp³-hybridized carbons (Fsp3) is 0.500. The molecule has 0 aliphatic rings. The number of carbonyl (C=O) groups excluding carboxylic acids is 1. The van der Waals surface area contributed by atoms with Crippen LogP contribution in [0.2, 0.25) is 0 Å². The number of aromatic nitrogens is 1. The van der Waals surface area contributed by atoms with Crippen LogP contribution < -0.4 is 5.73 Å². The van der Waals surface area contributed by atoms with E-state index in [9.17, 15) is 4.79 Å². The molecule has 0 radical (unpaired) electrons. The molecule has 1 heterocycles. The van der Waals surface area contributed by atoms with E-state index in [-0.39, 0.29) is 5.91 Å². The van der Waals surface area contributed by atoms with Gasteiger partial charge in [-0.25, -0.2) is 0 Å². The standard InChI is InChI=1S/C16H24N4O/c1-4-8-20(10-9-19(2)3)16(21)15-11-14(6-5-7-17)12-18-13-15/h11-13H,4,7-10,17H2,1-3H3. The second-order valence-electron chi connectivity index (χ2n) is 5.06. The van der Waals surface area contributed by atoms with E-state index in [4.69, 9.17) is 5.73 Å². The first-order chi connectivity index (χ1) is 10.1. The van der Waals surface area contributed by atoms with Crippen molar-refractivity contribution in [2.75, 3.05) is 40.3 Å². The number of rotatable bonds is 6. The molecule has 0 aliphatic carbocycles. The SMILES string of the molecule is CCCN(CCN(C)C)C(=O)c1cncc(C#CCN)c1. The van der Waals surface area contributed by atoms with Gasteiger partial charge in [-0.15, -0.1) is 0 Å². The van der Waals surface area contributed by atoms with Crippen LogP contribution in [0.4, 0.5) is 0 Å². The first kappa shape index (κ1) is 17.2. The Balaban J connectivity index is 2.87. The summed E-state index contributed by atoms with van der Waals surface area (Å²) in [6.07, 6.45) is 4.16. The molecule has 0 fully saturated rings. The molecule has 0 saturated heterocycles. The summed E-state index contributed by atoms with van der Waals surface area (Å²) in [6, 6.07) is 1.77. The number of likely N-dealkylation sites (N-methyl/N-ethyl adjacent to an activating group) is 1. The van der Waals surface area contributed by atoms with Gasteiger partial charge in [0.25, 0.3) is 5.91 Å². The van der Waals surface area contributed by atoms with Crippen LogP contribution >= 0.6 is 0 Å². The van der Waals surface area contributed by atoms with E-state index in [1.807, 2.05) is 19.0 Å². The highest BCUT2D eigenvalue weighted by Crippen LogP contribution is 2.07. The quantitative estimate of drug-likeness (QED) is 0.787. The van der Waals surface area contributed by atoms with Crippen LogP contribution in [-0.4, -0.2) is 61.0 Å². The minimum Gasteiger partial charge on any atom is -0.337 e. The first-order valence-corrected chi connectivity index (χ1v) is 7.16. The smallest absolute Gasteiger partial charge is 0.255 e. The second-order valence-corrected chi connectivity index (χ2v) is 5.06. The predicted molar refractivity (Wildman–Crippen MR) is 84.9 cm³/mol. The fourth-order valence-corrected chi connectivity index (χ4v) is 1.87. The monoisotopic (exact) mass is 288 g/mol. The van der Waals surface area contributed by atoms with Gasteiger partial charge in [0.1, 0.15) is 0 Å². The summed E-state index contributed by atoms with van der Waals surface area (Å²) in [4.78, 5) is 20.6. The van der Waals surface area contributed by atoms with Crippen molar-refractivity contribution in [3.63, 3.8) is 0 Å². The summed E-state index contributed by atoms with van der Waals surface area (Å²) in [6.45, 7) is 4.65. The summed E-state index contributed by atoms with van der Waals surface area (Å²) >= 11 is 0. The number of nitrogens with two attached hydrogens (primary N) is 1. The Morgan fingerprint density at radius 3 is 2.67 bits per heavy atom. The Hall–Kier alpha value is -1.90. The lowest BCUT2D eigenvalue weighted by Crippen LogP contribution is -2.37. The van der Waals surface area contributed by atoms with E-state index in [1.54, 1.807) is 18.5 Å². The molecular formula is C16H24N4O. The minimum absolute atomic E-state index is 0.00241. The van der Waals surface area contributed by atoms with Gasteiger partial charge in [0.05, 0.1) is 12.1 Å². The highest BCUT2D eigenvalue weighted by Gasteiger charge is 2.15. The van der Waals surface area contributed by atoms with Gasteiger partial charge in [-0.05, 0) is 26.6 Å². The molecule has 114 valence electrons. The van der Waals surface area contributed by atoms with Gasteiger partial charge in [-0.1, -0.05) is 18.8 Å². The molecule has 0 bridgehead atoms. The van der Waals surface area contributed by atoms with Crippen molar-refractivity contribution in [2.45, 2.75) is 13.3 Å². The Morgan fingerprint density at radius 2 is 2.05 bits per heavy atom. The number of pyridine rings is 1. The summed E-state index contributed by atoms with van der Waals surface area (Å²) in [5.41, 5.74) is 6.65. The summed E-state index contributed by atoms with van der Waals surface area (Å²) < 4.78 is 0. The van der Waals surface area contributed by atoms with Crippen molar-refractivity contribution in [2.24, 2.45) is 5.73 Å². The topological polar surface area (TPSA) is 62.5 Å². The lowest BCUT2D eigenvalue weighted by molar-refractivity contribution is 0.0744. The van der Waals surface area contributed by atoms with Crippen LogP contribution in [0.5, 0.6) is 0 Å². The van der Waals surface area contributed by atoms with E-state index < -0.39 is 0 Å². The van der Waals surface area contributed by atoms with Crippen molar-refractivity contribution in [1.82, 2.24) is 14.8 Å². The molecule has 5 heteroatoms. The average molecular weight is 288 g/mol. The molecule has 1 amide bonds. The number of amides is 1. The van der Waals surface area contributed by atoms with Crippen molar-refractivity contribution >= 4 is 5.91 Å². The highest BCUT2D eigenvalue weighted by molar-refractivity contribution is 5.94. The first-order valence-electron chi connectivity index (χ1n) is 7.16. The highest BCUT2D eigenvalue weighted by atomic mass is 16.2. The van der Waals surface area contributed by atoms with Gasteiger partial charge < -0.3 is 15.5 Å². The van der Waals surface area contributed by atoms with Crippen LogP contribution in [0.3, 0.4) is 0 Å². The Bertz CT molecular complexity index is 516. The zero-order valence-corrected chi connectivity index (χ0v) is 13.1. The van der Waals surface area contributed by atoms with Gasteiger partial charge in [-0.3, -0.25) is 9.78 Å². The zero-order chi connectivity index (χ0) is 15.7. The number of nitrogens with zero attached hydrogens (tertiary/aromatic N) is 3. The molecule has 0 aliphatic heterocycles. The van der Waals surface area contributed by atoms with Gasteiger partial charge in [-0.2, -0.15) is 0 Å². The van der Waals surface area contributed by atoms with Gasteiger partial charge in [0.15, 0.2) is 0 Å². The molecule has 1 rings (SSSR count). The largest absolute Gasteiger partial charge is 0.337 e. The predicted octanol–water partition coefficient (Wildman–Crippen LogP) is 0.806. The Kier molecular flexibility index (Phi) is 7.44. The Labute approximate surface area is 127 Å². The van der Waals surface area contributed by atoms with Gasteiger partial charge >= 0.3 is 0 Å². The van der Waals surface area contributed by atoms with E-state index in [2.05, 4.69) is 28.6 Å². The second kappa shape index (κ2) is 9.11. The lowest BCUT2D eigenvalue weighted by atomic mass is 10.2. The normalized spacial score (nSPS) is 10.1. The van der Waals surface area contributed by atoms with Crippen molar-refractivity contribution in [3.8, 4) is 11.8 Å². The third-order valence-electron chi connectivity index (χ3n) is 2.92. The van der Waals surface area contributed by atoms with E-state index in [1.165, 1.54) is 0 Å². The maximum Gasteiger partial charge on any atom is 0.255 e. The molecule has 0 saturated carbocycles. The van der Waals surface area contributed by atoms with Crippen LogP contribution in [0.15, 0.2) is 18.5 Å². The van der Waals surface area contributed by atoms with Crippen molar-refractivity contribution in [3.05, 3.63) is 29.6 Å². The molecule has 1 aromatic rings. The third kappa shape index (κ3) is 5.94. The molecule has 0 aromatic carbocycles. The van der Waals surface area contributed by atoms with Crippen molar-refractivity contribution < 1.29 is 4.79 Å². The molecule has 2 N–H and O–H groups in total. The van der Waals surface area contributed by atoms with E-state index in [0.29, 0.717) is 18.7 Å². The maximum absolute atomic E-state index is 12.6. The summed E-state index contributed by atoms with van der Waals surface area (Å²) in [5.74, 6) is 5.68. The zero-order valence-electron chi connectivity index (χ0n) is 13.1.